The molecule has 26 heavy (non-hydrogen) atoms. The molecule has 0 spiro atoms. The Morgan fingerprint density at radius 3 is 2.50 bits per heavy atom. The molecule has 1 aliphatic rings. The standard InChI is InChI=1S/C19H20N2O4S/c1-13-8-9-14(2)16(12-13)20-19(23)17-10-11-18(22)21(17)26(24,25)15-6-4-3-5-7-15/h3-9,12,17H,10-11H2,1-2H3,(H,20,23)/t17-/m0/s1. The monoisotopic (exact) mass is 372 g/mol. The van der Waals surface area contributed by atoms with Gasteiger partial charge in [0.25, 0.3) is 10.0 Å². The van der Waals surface area contributed by atoms with Gasteiger partial charge >= 0.3 is 0 Å². The number of nitrogens with zero attached hydrogens (tertiary/aromatic N) is 1. The second-order valence-electron chi connectivity index (χ2n) is 6.37. The van der Waals surface area contributed by atoms with Crippen LogP contribution in [0.4, 0.5) is 5.69 Å². The minimum absolute atomic E-state index is 0.000198. The lowest BCUT2D eigenvalue weighted by Gasteiger charge is -2.24. The van der Waals surface area contributed by atoms with Gasteiger partial charge in [-0.3, -0.25) is 9.59 Å². The molecule has 2 amide bonds. The van der Waals surface area contributed by atoms with Gasteiger partial charge in [0.1, 0.15) is 6.04 Å². The molecule has 2 aromatic rings. The predicted octanol–water partition coefficient (Wildman–Crippen LogP) is 2.62. The van der Waals surface area contributed by atoms with Crippen LogP contribution in [0.25, 0.3) is 0 Å². The van der Waals surface area contributed by atoms with Crippen molar-refractivity contribution >= 4 is 27.5 Å². The fourth-order valence-electron chi connectivity index (χ4n) is 2.99. The first-order valence-corrected chi connectivity index (χ1v) is 9.75. The summed E-state index contributed by atoms with van der Waals surface area (Å²) in [5, 5.41) is 2.77. The van der Waals surface area contributed by atoms with Gasteiger partial charge in [0.05, 0.1) is 4.90 Å². The second-order valence-corrected chi connectivity index (χ2v) is 8.18. The van der Waals surface area contributed by atoms with E-state index in [4.69, 9.17) is 0 Å². The molecule has 0 saturated carbocycles. The van der Waals surface area contributed by atoms with Gasteiger partial charge in [-0.2, -0.15) is 0 Å². The molecule has 136 valence electrons. The Balaban J connectivity index is 1.90. The van der Waals surface area contributed by atoms with Gasteiger partial charge in [-0.15, -0.1) is 0 Å². The first kappa shape index (κ1) is 18.1. The zero-order valence-corrected chi connectivity index (χ0v) is 15.4. The van der Waals surface area contributed by atoms with Crippen molar-refractivity contribution in [3.63, 3.8) is 0 Å². The van der Waals surface area contributed by atoms with Crippen molar-refractivity contribution in [2.45, 2.75) is 37.6 Å². The van der Waals surface area contributed by atoms with E-state index in [1.54, 1.807) is 18.2 Å². The molecule has 0 radical (unpaired) electrons. The van der Waals surface area contributed by atoms with E-state index < -0.39 is 27.9 Å². The van der Waals surface area contributed by atoms with Gasteiger partial charge in [-0.05, 0) is 49.6 Å². The highest BCUT2D eigenvalue weighted by Crippen LogP contribution is 2.28. The number of hydrogen-bond donors (Lipinski definition) is 1. The number of aryl methyl sites for hydroxylation is 2. The number of hydrogen-bond acceptors (Lipinski definition) is 4. The van der Waals surface area contributed by atoms with Crippen molar-refractivity contribution in [2.75, 3.05) is 5.32 Å². The largest absolute Gasteiger partial charge is 0.324 e. The third-order valence-corrected chi connectivity index (χ3v) is 6.26. The summed E-state index contributed by atoms with van der Waals surface area (Å²) < 4.78 is 26.4. The Bertz CT molecular complexity index is 955. The summed E-state index contributed by atoms with van der Waals surface area (Å²) in [6.07, 6.45) is 0.193. The molecule has 2 aromatic carbocycles. The summed E-state index contributed by atoms with van der Waals surface area (Å²) >= 11 is 0. The summed E-state index contributed by atoms with van der Waals surface area (Å²) in [5.74, 6) is -1.06. The zero-order chi connectivity index (χ0) is 18.9. The highest BCUT2D eigenvalue weighted by atomic mass is 32.2. The van der Waals surface area contributed by atoms with Gasteiger partial charge in [0, 0.05) is 12.1 Å². The van der Waals surface area contributed by atoms with Crippen molar-refractivity contribution in [3.05, 3.63) is 59.7 Å². The first-order chi connectivity index (χ1) is 12.3. The van der Waals surface area contributed by atoms with E-state index in [0.717, 1.165) is 15.4 Å². The maximum absolute atomic E-state index is 12.9. The Morgan fingerprint density at radius 2 is 1.81 bits per heavy atom. The molecule has 0 unspecified atom stereocenters. The number of rotatable bonds is 4. The smallest absolute Gasteiger partial charge is 0.267 e. The van der Waals surface area contributed by atoms with Crippen LogP contribution in [0.2, 0.25) is 0 Å². The molecule has 0 aliphatic carbocycles. The summed E-state index contributed by atoms with van der Waals surface area (Å²) in [4.78, 5) is 25.0. The van der Waals surface area contributed by atoms with Crippen LogP contribution >= 0.6 is 0 Å². The van der Waals surface area contributed by atoms with Crippen LogP contribution in [0.1, 0.15) is 24.0 Å². The third-order valence-electron chi connectivity index (χ3n) is 4.41. The van der Waals surface area contributed by atoms with Crippen LogP contribution in [0.15, 0.2) is 53.4 Å². The first-order valence-electron chi connectivity index (χ1n) is 8.31. The van der Waals surface area contributed by atoms with Crippen LogP contribution in [0.3, 0.4) is 0 Å². The van der Waals surface area contributed by atoms with E-state index in [-0.39, 0.29) is 17.7 Å². The number of nitrogens with one attached hydrogen (secondary N) is 1. The van der Waals surface area contributed by atoms with E-state index in [1.165, 1.54) is 12.1 Å². The normalized spacial score (nSPS) is 17.4. The Labute approximate surface area is 152 Å². The predicted molar refractivity (Wildman–Crippen MR) is 98.0 cm³/mol. The number of benzene rings is 2. The molecule has 1 aliphatic heterocycles. The van der Waals surface area contributed by atoms with Crippen LogP contribution in [-0.4, -0.2) is 30.6 Å². The lowest BCUT2D eigenvalue weighted by Crippen LogP contribution is -2.45. The Hall–Kier alpha value is -2.67. The van der Waals surface area contributed by atoms with Gasteiger partial charge < -0.3 is 5.32 Å². The maximum atomic E-state index is 12.9. The van der Waals surface area contributed by atoms with Crippen molar-refractivity contribution in [2.24, 2.45) is 0 Å². The van der Waals surface area contributed by atoms with Gasteiger partial charge in [-0.25, -0.2) is 12.7 Å². The Morgan fingerprint density at radius 1 is 1.12 bits per heavy atom. The fraction of sp³-hybridized carbons (Fsp3) is 0.263. The molecular weight excluding hydrogens is 352 g/mol. The average molecular weight is 372 g/mol. The van der Waals surface area contributed by atoms with E-state index in [0.29, 0.717) is 5.69 Å². The topological polar surface area (TPSA) is 83.6 Å². The van der Waals surface area contributed by atoms with Crippen molar-refractivity contribution in [1.82, 2.24) is 4.31 Å². The van der Waals surface area contributed by atoms with Gasteiger partial charge in [-0.1, -0.05) is 30.3 Å². The summed E-state index contributed by atoms with van der Waals surface area (Å²) in [7, 11) is -4.07. The molecule has 7 heteroatoms. The number of carbonyl (C=O) groups is 2. The SMILES string of the molecule is Cc1ccc(C)c(NC(=O)[C@@H]2CCC(=O)N2S(=O)(=O)c2ccccc2)c1. The number of amides is 2. The highest BCUT2D eigenvalue weighted by molar-refractivity contribution is 7.89. The lowest BCUT2D eigenvalue weighted by atomic mass is 10.1. The molecular formula is C19H20N2O4S. The molecule has 1 heterocycles. The van der Waals surface area contributed by atoms with Crippen LogP contribution in [0.5, 0.6) is 0 Å². The maximum Gasteiger partial charge on any atom is 0.267 e. The molecule has 1 atom stereocenters. The van der Waals surface area contributed by atoms with Gasteiger partial charge in [0.15, 0.2) is 0 Å². The molecule has 6 nitrogen and oxygen atoms in total. The minimum Gasteiger partial charge on any atom is -0.324 e. The summed E-state index contributed by atoms with van der Waals surface area (Å²) in [5.41, 5.74) is 2.46. The van der Waals surface area contributed by atoms with E-state index in [9.17, 15) is 18.0 Å². The Kier molecular flexibility index (Phi) is 4.82. The molecule has 0 bridgehead atoms. The van der Waals surface area contributed by atoms with Crippen molar-refractivity contribution < 1.29 is 18.0 Å². The summed E-state index contributed by atoms with van der Waals surface area (Å²) in [6, 6.07) is 12.3. The van der Waals surface area contributed by atoms with Gasteiger partial charge in [0.2, 0.25) is 11.8 Å². The van der Waals surface area contributed by atoms with E-state index >= 15 is 0 Å². The van der Waals surface area contributed by atoms with Crippen molar-refractivity contribution in [1.29, 1.82) is 0 Å². The van der Waals surface area contributed by atoms with Crippen LogP contribution in [0, 0.1) is 13.8 Å². The lowest BCUT2D eigenvalue weighted by molar-refractivity contribution is -0.128. The molecule has 1 N–H and O–H groups in total. The highest BCUT2D eigenvalue weighted by Gasteiger charge is 2.44. The summed E-state index contributed by atoms with van der Waals surface area (Å²) in [6.45, 7) is 3.76. The molecule has 1 saturated heterocycles. The third kappa shape index (κ3) is 3.35. The number of sulfonamides is 1. The zero-order valence-electron chi connectivity index (χ0n) is 14.6. The van der Waals surface area contributed by atoms with Crippen molar-refractivity contribution in [3.8, 4) is 0 Å². The average Bonchev–Trinajstić information content (AvgIpc) is 3.01. The number of carbonyl (C=O) groups excluding carboxylic acids is 2. The molecule has 3 rings (SSSR count). The van der Waals surface area contributed by atoms with Crippen LogP contribution in [-0.2, 0) is 19.6 Å². The second kappa shape index (κ2) is 6.92. The quantitative estimate of drug-likeness (QED) is 0.894. The molecule has 0 aromatic heterocycles. The van der Waals surface area contributed by atoms with Crippen LogP contribution < -0.4 is 5.32 Å². The van der Waals surface area contributed by atoms with E-state index in [1.807, 2.05) is 32.0 Å². The molecule has 1 fully saturated rings. The number of anilines is 1. The van der Waals surface area contributed by atoms with E-state index in [2.05, 4.69) is 5.32 Å². The minimum atomic E-state index is -4.07. The fourth-order valence-corrected chi connectivity index (χ4v) is 4.62.